The summed E-state index contributed by atoms with van der Waals surface area (Å²) in [6.45, 7) is 5.75. The number of hydrogen-bond acceptors (Lipinski definition) is 7. The van der Waals surface area contributed by atoms with Crippen LogP contribution in [-0.4, -0.2) is 38.2 Å². The number of fused-ring (bicyclic) bond motifs is 1. The second-order valence-electron chi connectivity index (χ2n) is 8.10. The highest BCUT2D eigenvalue weighted by Gasteiger charge is 2.32. The normalized spacial score (nSPS) is 18.1. The first-order valence-electron chi connectivity index (χ1n) is 10.4. The number of nitrogens with one attached hydrogen (secondary N) is 1. The maximum Gasteiger partial charge on any atom is 0.292 e. The molecule has 0 saturated carbocycles. The van der Waals surface area contributed by atoms with Gasteiger partial charge in [-0.15, -0.1) is 0 Å². The number of allylic oxidation sites excluding steroid dienone is 1. The summed E-state index contributed by atoms with van der Waals surface area (Å²) in [4.78, 5) is 13.7. The number of rotatable bonds is 4. The first-order valence-corrected chi connectivity index (χ1v) is 10.4. The van der Waals surface area contributed by atoms with Gasteiger partial charge >= 0.3 is 0 Å². The third-order valence-electron chi connectivity index (χ3n) is 6.08. The van der Waals surface area contributed by atoms with Crippen molar-refractivity contribution in [2.75, 3.05) is 23.3 Å². The minimum absolute atomic E-state index is 0.122. The van der Waals surface area contributed by atoms with Crippen LogP contribution < -0.4 is 10.2 Å². The monoisotopic (exact) mass is 417 g/mol. The molecular formula is C22H23N7O2. The average molecular weight is 417 g/mol. The molecule has 1 fully saturated rings. The maximum atomic E-state index is 11.9. The van der Waals surface area contributed by atoms with Crippen LogP contribution in [0.25, 0.3) is 5.70 Å². The Hall–Kier alpha value is -3.75. The first-order chi connectivity index (χ1) is 15.0. The predicted octanol–water partition coefficient (Wildman–Crippen LogP) is 3.94. The molecule has 2 aromatic carbocycles. The van der Waals surface area contributed by atoms with Crippen molar-refractivity contribution in [3.05, 3.63) is 74.8 Å². The lowest BCUT2D eigenvalue weighted by molar-refractivity contribution is -0.384. The minimum Gasteiger partial charge on any atom is -0.366 e. The van der Waals surface area contributed by atoms with Gasteiger partial charge in [-0.1, -0.05) is 41.0 Å². The van der Waals surface area contributed by atoms with Crippen molar-refractivity contribution in [3.8, 4) is 0 Å². The molecule has 0 amide bonds. The van der Waals surface area contributed by atoms with Crippen LogP contribution in [0.2, 0.25) is 0 Å². The third kappa shape index (κ3) is 3.31. The molecule has 1 atom stereocenters. The standard InChI is InChI=1S/C22H23N7O2/c1-14-5-7-16(8-6-14)20-15(2)21(28-22(23-20)24-25-26-28)17-9-10-18(19(13-17)29(30)31)27-11-3-4-12-27/h5-10,13,21H,3-4,11-12H2,1-2H3,(H,23,24,26)/t21-/m0/s1. The van der Waals surface area contributed by atoms with Gasteiger partial charge in [-0.2, -0.15) is 4.68 Å². The van der Waals surface area contributed by atoms with E-state index in [1.54, 1.807) is 10.7 Å². The van der Waals surface area contributed by atoms with Crippen molar-refractivity contribution in [2.24, 2.45) is 0 Å². The van der Waals surface area contributed by atoms with E-state index in [1.165, 1.54) is 5.56 Å². The number of benzene rings is 2. The smallest absolute Gasteiger partial charge is 0.292 e. The van der Waals surface area contributed by atoms with E-state index >= 15 is 0 Å². The van der Waals surface area contributed by atoms with Crippen LogP contribution in [0.15, 0.2) is 48.0 Å². The van der Waals surface area contributed by atoms with Crippen molar-refractivity contribution in [1.82, 2.24) is 20.2 Å². The van der Waals surface area contributed by atoms with Crippen LogP contribution in [-0.2, 0) is 0 Å². The molecule has 1 saturated heterocycles. The summed E-state index contributed by atoms with van der Waals surface area (Å²) in [6.07, 6.45) is 2.12. The van der Waals surface area contributed by atoms with Gasteiger partial charge in [0.1, 0.15) is 11.7 Å². The summed E-state index contributed by atoms with van der Waals surface area (Å²) in [7, 11) is 0. The number of hydrogen-bond donors (Lipinski definition) is 1. The summed E-state index contributed by atoms with van der Waals surface area (Å²) in [5.74, 6) is 0.512. The summed E-state index contributed by atoms with van der Waals surface area (Å²) in [5.41, 5.74) is 5.69. The summed E-state index contributed by atoms with van der Waals surface area (Å²) in [5, 5.41) is 27.3. The van der Waals surface area contributed by atoms with E-state index in [2.05, 4.69) is 50.0 Å². The second-order valence-corrected chi connectivity index (χ2v) is 8.10. The Balaban J connectivity index is 1.63. The lowest BCUT2D eigenvalue weighted by Gasteiger charge is -2.28. The molecule has 5 rings (SSSR count). The summed E-state index contributed by atoms with van der Waals surface area (Å²) < 4.78 is 1.68. The first kappa shape index (κ1) is 19.2. The van der Waals surface area contributed by atoms with E-state index in [-0.39, 0.29) is 16.7 Å². The van der Waals surface area contributed by atoms with E-state index in [4.69, 9.17) is 0 Å². The van der Waals surface area contributed by atoms with Gasteiger partial charge in [-0.05, 0) is 59.9 Å². The molecule has 158 valence electrons. The number of anilines is 2. The third-order valence-corrected chi connectivity index (χ3v) is 6.08. The molecule has 0 aliphatic carbocycles. The molecule has 2 aliphatic heterocycles. The van der Waals surface area contributed by atoms with Crippen LogP contribution in [0, 0.1) is 17.0 Å². The molecule has 0 bridgehead atoms. The molecule has 3 aromatic rings. The second kappa shape index (κ2) is 7.50. The fourth-order valence-electron chi connectivity index (χ4n) is 4.47. The molecule has 0 unspecified atom stereocenters. The van der Waals surface area contributed by atoms with Crippen molar-refractivity contribution < 1.29 is 4.92 Å². The fraction of sp³-hybridized carbons (Fsp3) is 0.318. The zero-order valence-electron chi connectivity index (χ0n) is 17.4. The molecule has 31 heavy (non-hydrogen) atoms. The summed E-state index contributed by atoms with van der Waals surface area (Å²) in [6, 6.07) is 13.4. The fourth-order valence-corrected chi connectivity index (χ4v) is 4.47. The van der Waals surface area contributed by atoms with Gasteiger partial charge in [0.2, 0.25) is 5.95 Å². The molecule has 0 spiro atoms. The van der Waals surface area contributed by atoms with Crippen molar-refractivity contribution in [3.63, 3.8) is 0 Å². The Labute approximate surface area is 179 Å². The van der Waals surface area contributed by atoms with Gasteiger partial charge < -0.3 is 10.2 Å². The van der Waals surface area contributed by atoms with Gasteiger partial charge in [0, 0.05) is 24.9 Å². The van der Waals surface area contributed by atoms with Gasteiger partial charge in [-0.25, -0.2) is 0 Å². The van der Waals surface area contributed by atoms with Crippen molar-refractivity contribution in [2.45, 2.75) is 32.7 Å². The van der Waals surface area contributed by atoms with E-state index in [0.717, 1.165) is 48.3 Å². The number of nitro groups is 1. The topological polar surface area (TPSA) is 102 Å². The molecule has 9 nitrogen and oxygen atoms in total. The van der Waals surface area contributed by atoms with Gasteiger partial charge in [0.25, 0.3) is 5.69 Å². The molecule has 2 aliphatic rings. The Bertz CT molecular complexity index is 1180. The zero-order chi connectivity index (χ0) is 21.5. The number of nitrogens with zero attached hydrogens (tertiary/aromatic N) is 6. The number of nitro benzene ring substituents is 1. The van der Waals surface area contributed by atoms with E-state index in [9.17, 15) is 10.1 Å². The Morgan fingerprint density at radius 2 is 1.84 bits per heavy atom. The molecule has 3 heterocycles. The minimum atomic E-state index is -0.339. The quantitative estimate of drug-likeness (QED) is 0.507. The predicted molar refractivity (Wildman–Crippen MR) is 118 cm³/mol. The molecule has 1 aromatic heterocycles. The van der Waals surface area contributed by atoms with Crippen LogP contribution in [0.4, 0.5) is 17.3 Å². The van der Waals surface area contributed by atoms with E-state index in [1.807, 2.05) is 26.0 Å². The Morgan fingerprint density at radius 3 is 2.55 bits per heavy atom. The highest BCUT2D eigenvalue weighted by Crippen LogP contribution is 2.40. The molecule has 0 radical (unpaired) electrons. The highest BCUT2D eigenvalue weighted by atomic mass is 16.6. The van der Waals surface area contributed by atoms with E-state index in [0.29, 0.717) is 11.6 Å². The Kier molecular flexibility index (Phi) is 4.65. The van der Waals surface area contributed by atoms with E-state index < -0.39 is 0 Å². The summed E-state index contributed by atoms with van der Waals surface area (Å²) >= 11 is 0. The van der Waals surface area contributed by atoms with Crippen molar-refractivity contribution in [1.29, 1.82) is 0 Å². The van der Waals surface area contributed by atoms with Gasteiger partial charge in [0.15, 0.2) is 0 Å². The lowest BCUT2D eigenvalue weighted by atomic mass is 9.93. The largest absolute Gasteiger partial charge is 0.366 e. The molecule has 1 N–H and O–H groups in total. The van der Waals surface area contributed by atoms with Crippen LogP contribution in [0.5, 0.6) is 0 Å². The van der Waals surface area contributed by atoms with Crippen molar-refractivity contribution >= 4 is 23.0 Å². The van der Waals surface area contributed by atoms with Crippen LogP contribution >= 0.6 is 0 Å². The zero-order valence-corrected chi connectivity index (χ0v) is 17.4. The molecule has 9 heteroatoms. The lowest BCUT2D eigenvalue weighted by Crippen LogP contribution is -2.24. The van der Waals surface area contributed by atoms with Crippen LogP contribution in [0.3, 0.4) is 0 Å². The average Bonchev–Trinajstić information content (AvgIpc) is 3.46. The Morgan fingerprint density at radius 1 is 1.10 bits per heavy atom. The SMILES string of the molecule is CC1=C(c2ccc(C)cc2)Nc2nnnn2[C@@H]1c1ccc(N2CCCC2)c([N+](=O)[O-])c1. The van der Waals surface area contributed by atoms with Crippen LogP contribution in [0.1, 0.15) is 42.5 Å². The molecular weight excluding hydrogens is 394 g/mol. The number of aromatic nitrogens is 4. The number of tetrazole rings is 1. The number of aryl methyl sites for hydroxylation is 1. The highest BCUT2D eigenvalue weighted by molar-refractivity contribution is 5.80. The van der Waals surface area contributed by atoms with Gasteiger partial charge in [0.05, 0.1) is 4.92 Å². The van der Waals surface area contributed by atoms with Gasteiger partial charge in [-0.3, -0.25) is 10.1 Å². The maximum absolute atomic E-state index is 11.9.